The molecule has 3 aromatic rings. The maximum atomic E-state index is 10.7. The Hall–Kier alpha value is -1.71. The summed E-state index contributed by atoms with van der Waals surface area (Å²) in [7, 11) is 0. The number of rotatable bonds is 2. The van der Waals surface area contributed by atoms with Crippen LogP contribution in [0.1, 0.15) is 22.8 Å². The van der Waals surface area contributed by atoms with Crippen LogP contribution >= 0.6 is 15.9 Å². The summed E-state index contributed by atoms with van der Waals surface area (Å²) in [6.07, 6.45) is 1.11. The van der Waals surface area contributed by atoms with Crippen LogP contribution in [0.15, 0.2) is 59.2 Å². The Kier molecular flexibility index (Phi) is 3.55. The van der Waals surface area contributed by atoms with E-state index in [0.717, 1.165) is 32.1 Å². The van der Waals surface area contributed by atoms with Gasteiger partial charge in [-0.25, -0.2) is 0 Å². The van der Waals surface area contributed by atoms with E-state index < -0.39 is 6.10 Å². The molecule has 1 heterocycles. The topological polar surface area (TPSA) is 33.1 Å². The van der Waals surface area contributed by atoms with E-state index in [9.17, 15) is 5.11 Å². The van der Waals surface area contributed by atoms with Crippen LogP contribution in [0.25, 0.3) is 10.9 Å². The Morgan fingerprint density at radius 2 is 1.75 bits per heavy atom. The molecule has 3 rings (SSSR count). The number of hydrogen-bond donors (Lipinski definition) is 1. The summed E-state index contributed by atoms with van der Waals surface area (Å²) in [6.45, 7) is 2.01. The third-order valence-corrected chi connectivity index (χ3v) is 4.44. The molecule has 0 aliphatic heterocycles. The lowest BCUT2D eigenvalue weighted by atomic mass is 9.95. The molecule has 1 N–H and O–H groups in total. The summed E-state index contributed by atoms with van der Waals surface area (Å²) in [6, 6.07) is 15.6. The molecule has 1 atom stereocenters. The zero-order valence-corrected chi connectivity index (χ0v) is 12.6. The van der Waals surface area contributed by atoms with Crippen LogP contribution < -0.4 is 0 Å². The number of hydrogen-bond acceptors (Lipinski definition) is 2. The van der Waals surface area contributed by atoms with E-state index in [1.54, 1.807) is 6.20 Å². The van der Waals surface area contributed by atoms with E-state index in [1.165, 1.54) is 0 Å². The number of benzene rings is 2. The highest BCUT2D eigenvalue weighted by atomic mass is 79.9. The molecular formula is C17H14BrNO. The predicted octanol–water partition coefficient (Wildman–Crippen LogP) is 4.39. The van der Waals surface area contributed by atoms with E-state index in [2.05, 4.69) is 20.9 Å². The Balaban J connectivity index is 2.18. The molecule has 0 aliphatic carbocycles. The highest BCUT2D eigenvalue weighted by Crippen LogP contribution is 2.32. The normalized spacial score (nSPS) is 12.6. The SMILES string of the molecule is Cc1c(Br)cccc1C(O)c1cccc2ncccc12. The van der Waals surface area contributed by atoms with Gasteiger partial charge in [-0.3, -0.25) is 4.98 Å². The summed E-state index contributed by atoms with van der Waals surface area (Å²) >= 11 is 3.51. The number of aliphatic hydroxyl groups is 1. The highest BCUT2D eigenvalue weighted by Gasteiger charge is 2.16. The molecule has 2 nitrogen and oxygen atoms in total. The Morgan fingerprint density at radius 3 is 2.60 bits per heavy atom. The van der Waals surface area contributed by atoms with Crippen molar-refractivity contribution < 1.29 is 5.11 Å². The van der Waals surface area contributed by atoms with Crippen molar-refractivity contribution in [1.82, 2.24) is 4.98 Å². The first-order chi connectivity index (χ1) is 9.68. The zero-order valence-electron chi connectivity index (χ0n) is 11.0. The lowest BCUT2D eigenvalue weighted by Crippen LogP contribution is -2.03. The number of halogens is 1. The van der Waals surface area contributed by atoms with Gasteiger partial charge in [-0.05, 0) is 41.8 Å². The molecule has 0 bridgehead atoms. The second-order valence-corrected chi connectivity index (χ2v) is 5.63. The lowest BCUT2D eigenvalue weighted by Gasteiger charge is -2.17. The smallest absolute Gasteiger partial charge is 0.105 e. The Morgan fingerprint density at radius 1 is 1.00 bits per heavy atom. The molecule has 3 heteroatoms. The minimum atomic E-state index is -0.652. The van der Waals surface area contributed by atoms with Crippen LogP contribution in [0.2, 0.25) is 0 Å². The van der Waals surface area contributed by atoms with Crippen molar-refractivity contribution in [2.45, 2.75) is 13.0 Å². The Labute approximate surface area is 126 Å². The van der Waals surface area contributed by atoms with Gasteiger partial charge in [-0.1, -0.05) is 46.3 Å². The van der Waals surface area contributed by atoms with Crippen molar-refractivity contribution in [3.8, 4) is 0 Å². The molecule has 0 radical (unpaired) electrons. The van der Waals surface area contributed by atoms with Gasteiger partial charge in [-0.15, -0.1) is 0 Å². The van der Waals surface area contributed by atoms with Crippen LogP contribution in [0.4, 0.5) is 0 Å². The average molecular weight is 328 g/mol. The minimum Gasteiger partial charge on any atom is -0.384 e. The van der Waals surface area contributed by atoms with Gasteiger partial charge >= 0.3 is 0 Å². The molecule has 0 aliphatic rings. The van der Waals surface area contributed by atoms with Gasteiger partial charge in [-0.2, -0.15) is 0 Å². The zero-order chi connectivity index (χ0) is 14.1. The number of aromatic nitrogens is 1. The molecule has 1 unspecified atom stereocenters. The first-order valence-corrected chi connectivity index (χ1v) is 7.24. The van der Waals surface area contributed by atoms with E-state index in [4.69, 9.17) is 0 Å². The van der Waals surface area contributed by atoms with Gasteiger partial charge in [0.15, 0.2) is 0 Å². The van der Waals surface area contributed by atoms with E-state index in [0.29, 0.717) is 0 Å². The third-order valence-electron chi connectivity index (χ3n) is 3.58. The van der Waals surface area contributed by atoms with Gasteiger partial charge in [0.05, 0.1) is 5.52 Å². The Bertz CT molecular complexity index is 765. The van der Waals surface area contributed by atoms with Gasteiger partial charge in [0.2, 0.25) is 0 Å². The quantitative estimate of drug-likeness (QED) is 0.757. The molecule has 20 heavy (non-hydrogen) atoms. The van der Waals surface area contributed by atoms with Crippen LogP contribution in [0.5, 0.6) is 0 Å². The maximum absolute atomic E-state index is 10.7. The summed E-state index contributed by atoms with van der Waals surface area (Å²) < 4.78 is 1.01. The molecular weight excluding hydrogens is 314 g/mol. The average Bonchev–Trinajstić information content (AvgIpc) is 2.49. The largest absolute Gasteiger partial charge is 0.384 e. The first kappa shape index (κ1) is 13.3. The fourth-order valence-electron chi connectivity index (χ4n) is 2.45. The van der Waals surface area contributed by atoms with E-state index in [-0.39, 0.29) is 0 Å². The second kappa shape index (κ2) is 5.35. The van der Waals surface area contributed by atoms with Crippen LogP contribution in [0.3, 0.4) is 0 Å². The number of nitrogens with zero attached hydrogens (tertiary/aromatic N) is 1. The van der Waals surface area contributed by atoms with Crippen LogP contribution in [-0.2, 0) is 0 Å². The predicted molar refractivity (Wildman–Crippen MR) is 84.7 cm³/mol. The summed E-state index contributed by atoms with van der Waals surface area (Å²) in [5.41, 5.74) is 3.75. The maximum Gasteiger partial charge on any atom is 0.105 e. The van der Waals surface area contributed by atoms with Crippen molar-refractivity contribution in [3.63, 3.8) is 0 Å². The van der Waals surface area contributed by atoms with Gasteiger partial charge < -0.3 is 5.11 Å². The van der Waals surface area contributed by atoms with E-state index in [1.807, 2.05) is 55.5 Å². The standard InChI is InChI=1S/C17H14BrNO/c1-11-12(5-2-8-15(11)18)17(20)14-6-3-9-16-13(14)7-4-10-19-16/h2-10,17,20H,1H3. The fraction of sp³-hybridized carbons (Fsp3) is 0.118. The van der Waals surface area contributed by atoms with Crippen molar-refractivity contribution >= 4 is 26.8 Å². The lowest BCUT2D eigenvalue weighted by molar-refractivity contribution is 0.221. The minimum absolute atomic E-state index is 0.652. The van der Waals surface area contributed by atoms with Crippen LogP contribution in [-0.4, -0.2) is 10.1 Å². The second-order valence-electron chi connectivity index (χ2n) is 4.77. The van der Waals surface area contributed by atoms with Crippen molar-refractivity contribution in [1.29, 1.82) is 0 Å². The molecule has 0 fully saturated rings. The van der Waals surface area contributed by atoms with Gasteiger partial charge in [0.25, 0.3) is 0 Å². The first-order valence-electron chi connectivity index (χ1n) is 6.45. The molecule has 0 amide bonds. The third kappa shape index (κ3) is 2.23. The number of pyridine rings is 1. The fourth-order valence-corrected chi connectivity index (χ4v) is 2.84. The monoisotopic (exact) mass is 327 g/mol. The molecule has 0 spiro atoms. The summed E-state index contributed by atoms with van der Waals surface area (Å²) in [4.78, 5) is 4.34. The van der Waals surface area contributed by atoms with Crippen molar-refractivity contribution in [2.24, 2.45) is 0 Å². The van der Waals surface area contributed by atoms with Gasteiger partial charge in [0.1, 0.15) is 6.10 Å². The van der Waals surface area contributed by atoms with Gasteiger partial charge in [0, 0.05) is 16.1 Å². The number of aliphatic hydroxyl groups excluding tert-OH is 1. The molecule has 2 aromatic carbocycles. The van der Waals surface area contributed by atoms with E-state index >= 15 is 0 Å². The molecule has 0 saturated carbocycles. The molecule has 0 saturated heterocycles. The summed E-state index contributed by atoms with van der Waals surface area (Å²) in [5.74, 6) is 0. The van der Waals surface area contributed by atoms with Crippen molar-refractivity contribution in [2.75, 3.05) is 0 Å². The number of fused-ring (bicyclic) bond motifs is 1. The summed E-state index contributed by atoms with van der Waals surface area (Å²) in [5, 5.41) is 11.7. The van der Waals surface area contributed by atoms with Crippen molar-refractivity contribution in [3.05, 3.63) is 75.9 Å². The molecule has 100 valence electrons. The molecule has 1 aromatic heterocycles. The van der Waals surface area contributed by atoms with Crippen LogP contribution in [0, 0.1) is 6.92 Å². The highest BCUT2D eigenvalue weighted by molar-refractivity contribution is 9.10.